The molecular weight excluding hydrogens is 613 g/mol. The number of esters is 2. The van der Waals surface area contributed by atoms with Crippen LogP contribution in [0.5, 0.6) is 11.5 Å². The lowest BCUT2D eigenvalue weighted by Crippen LogP contribution is -2.10. The Morgan fingerprint density at radius 3 is 1.39 bits per heavy atom. The van der Waals surface area contributed by atoms with E-state index in [1.807, 2.05) is 84.2 Å². The fourth-order valence-corrected chi connectivity index (χ4v) is 8.31. The van der Waals surface area contributed by atoms with Crippen LogP contribution in [0.4, 0.5) is 0 Å². The molecule has 6 nitrogen and oxygen atoms in total. The van der Waals surface area contributed by atoms with Crippen LogP contribution in [-0.4, -0.2) is 33.4 Å². The van der Waals surface area contributed by atoms with E-state index < -0.39 is 0 Å². The van der Waals surface area contributed by atoms with Crippen LogP contribution in [0.15, 0.2) is 94.7 Å². The van der Waals surface area contributed by atoms with E-state index in [4.69, 9.17) is 19.4 Å². The fourth-order valence-electron chi connectivity index (χ4n) is 5.91. The first-order valence-electron chi connectivity index (χ1n) is 15.9. The minimum absolute atomic E-state index is 0.220. The van der Waals surface area contributed by atoms with Crippen LogP contribution in [0.1, 0.15) is 51.4 Å². The van der Waals surface area contributed by atoms with E-state index in [1.54, 1.807) is 0 Å². The van der Waals surface area contributed by atoms with E-state index in [2.05, 4.69) is 24.3 Å². The smallest absolute Gasteiger partial charge is 0.311 e. The Morgan fingerprint density at radius 2 is 0.913 bits per heavy atom. The third-order valence-corrected chi connectivity index (χ3v) is 10.7. The van der Waals surface area contributed by atoms with Crippen molar-refractivity contribution in [1.82, 2.24) is 9.97 Å². The summed E-state index contributed by atoms with van der Waals surface area (Å²) in [4.78, 5) is 37.6. The molecule has 0 N–H and O–H groups in total. The van der Waals surface area contributed by atoms with Gasteiger partial charge in [0.05, 0.1) is 22.1 Å². The average Bonchev–Trinajstić information content (AvgIpc) is 3.07. The Bertz CT molecular complexity index is 1930. The lowest BCUT2D eigenvalue weighted by Gasteiger charge is -2.13. The van der Waals surface area contributed by atoms with E-state index in [0.29, 0.717) is 24.3 Å². The first kappa shape index (κ1) is 30.5. The maximum atomic E-state index is 12.7. The highest BCUT2D eigenvalue weighted by Crippen LogP contribution is 2.38. The number of ether oxygens (including phenoxy) is 2. The highest BCUT2D eigenvalue weighted by molar-refractivity contribution is 8.00. The van der Waals surface area contributed by atoms with Crippen LogP contribution in [0, 0.1) is 0 Å². The van der Waals surface area contributed by atoms with Crippen molar-refractivity contribution in [3.63, 3.8) is 0 Å². The van der Waals surface area contributed by atoms with E-state index in [1.165, 1.54) is 9.79 Å². The first-order valence-corrected chi connectivity index (χ1v) is 17.9. The van der Waals surface area contributed by atoms with Gasteiger partial charge in [-0.1, -0.05) is 49.2 Å². The first-order chi connectivity index (χ1) is 22.6. The quantitative estimate of drug-likeness (QED) is 0.0917. The second-order valence-electron chi connectivity index (χ2n) is 11.5. The van der Waals surface area contributed by atoms with Gasteiger partial charge in [-0.25, -0.2) is 9.97 Å². The van der Waals surface area contributed by atoms with Gasteiger partial charge in [-0.05, 0) is 85.7 Å². The van der Waals surface area contributed by atoms with Crippen molar-refractivity contribution in [3.05, 3.63) is 84.9 Å². The number of thioether (sulfide) groups is 2. The van der Waals surface area contributed by atoms with Crippen molar-refractivity contribution >= 4 is 79.1 Å². The van der Waals surface area contributed by atoms with Gasteiger partial charge in [-0.2, -0.15) is 0 Å². The number of hydrogen-bond acceptors (Lipinski definition) is 8. The molecular formula is C38H34N2O4S2. The molecule has 0 saturated carbocycles. The molecule has 0 radical (unpaired) electrons. The number of carbonyl (C=O) groups is 2. The summed E-state index contributed by atoms with van der Waals surface area (Å²) in [6.07, 6.45) is 6.02. The Balaban J connectivity index is 1.14. The van der Waals surface area contributed by atoms with E-state index in [0.717, 1.165) is 80.8 Å². The number of nitrogens with zero attached hydrogens (tertiary/aromatic N) is 2. The van der Waals surface area contributed by atoms with Crippen LogP contribution < -0.4 is 9.47 Å². The zero-order valence-corrected chi connectivity index (χ0v) is 27.1. The largest absolute Gasteiger partial charge is 0.427 e. The van der Waals surface area contributed by atoms with Crippen molar-refractivity contribution < 1.29 is 19.1 Å². The van der Waals surface area contributed by atoms with Crippen molar-refractivity contribution in [3.8, 4) is 11.5 Å². The number of para-hydroxylation sites is 2. The summed E-state index contributed by atoms with van der Waals surface area (Å²) in [6, 6.07) is 27.8. The van der Waals surface area contributed by atoms with Gasteiger partial charge in [0.2, 0.25) is 0 Å². The second kappa shape index (κ2) is 14.1. The van der Waals surface area contributed by atoms with Crippen LogP contribution in [0.2, 0.25) is 0 Å². The molecule has 0 spiro atoms. The Kier molecular flexibility index (Phi) is 9.35. The molecule has 0 saturated heterocycles. The van der Waals surface area contributed by atoms with Gasteiger partial charge in [-0.15, -0.1) is 23.5 Å². The topological polar surface area (TPSA) is 78.4 Å². The maximum absolute atomic E-state index is 12.7. The molecule has 0 aliphatic carbocycles. The third kappa shape index (κ3) is 6.83. The molecule has 1 aliphatic rings. The Labute approximate surface area is 276 Å². The number of carbonyl (C=O) groups excluding carboxylic acids is 2. The molecule has 0 unspecified atom stereocenters. The number of rotatable bonds is 0. The molecule has 4 aromatic carbocycles. The number of hydrogen-bond donors (Lipinski definition) is 0. The standard InChI is InChI=1S/C38H34N2O4S2/c41-35-15-7-8-16-36(42)44-26-18-20-34-30(24-26)38(28-12-4-6-14-32(28)40-34)46-22-10-2-1-9-21-45-37-27-11-3-5-13-31(27)39-33-19-17-25(43-35)23-29(33)37/h3-6,11-14,17-20,23-24H,1-2,7-10,15-16,21-22H2. The predicted molar refractivity (Wildman–Crippen MR) is 188 cm³/mol. The highest BCUT2D eigenvalue weighted by Gasteiger charge is 2.15. The Hall–Kier alpha value is -4.14. The second-order valence-corrected chi connectivity index (χ2v) is 13.8. The fraction of sp³-hybridized carbons (Fsp3) is 0.263. The lowest BCUT2D eigenvalue weighted by molar-refractivity contribution is -0.136. The molecule has 2 aromatic heterocycles. The predicted octanol–water partition coefficient (Wildman–Crippen LogP) is 9.92. The molecule has 232 valence electrons. The SMILES string of the molecule is O=C1CCCCC(=O)Oc2ccc3nc4ccccc4c(c3c2)SCCCCCCSc2c3ccccc3nc3ccc(cc23)O1. The van der Waals surface area contributed by atoms with Gasteiger partial charge in [0.1, 0.15) is 11.5 Å². The number of benzene rings is 4. The monoisotopic (exact) mass is 646 g/mol. The Morgan fingerprint density at radius 1 is 0.478 bits per heavy atom. The molecule has 4 bridgehead atoms. The van der Waals surface area contributed by atoms with Crippen molar-refractivity contribution in [1.29, 1.82) is 0 Å². The summed E-state index contributed by atoms with van der Waals surface area (Å²) in [5.74, 6) is 2.40. The van der Waals surface area contributed by atoms with Crippen LogP contribution in [0.3, 0.4) is 0 Å². The third-order valence-electron chi connectivity index (χ3n) is 8.21. The summed E-state index contributed by atoms with van der Waals surface area (Å²) in [7, 11) is 0. The van der Waals surface area contributed by atoms with E-state index >= 15 is 0 Å². The molecule has 0 amide bonds. The molecule has 8 heteroatoms. The number of fused-ring (bicyclic) bond motifs is 6. The summed E-state index contributed by atoms with van der Waals surface area (Å²) in [5.41, 5.74) is 3.71. The highest BCUT2D eigenvalue weighted by atomic mass is 32.2. The molecule has 1 aliphatic heterocycles. The maximum Gasteiger partial charge on any atom is 0.311 e. The van der Waals surface area contributed by atoms with Crippen molar-refractivity contribution in [2.45, 2.75) is 61.2 Å². The zero-order valence-electron chi connectivity index (χ0n) is 25.5. The minimum Gasteiger partial charge on any atom is -0.427 e. The van der Waals surface area contributed by atoms with Crippen LogP contribution >= 0.6 is 23.5 Å². The van der Waals surface area contributed by atoms with Gasteiger partial charge in [0.25, 0.3) is 0 Å². The van der Waals surface area contributed by atoms with Crippen LogP contribution in [0.25, 0.3) is 43.6 Å². The van der Waals surface area contributed by atoms with E-state index in [9.17, 15) is 9.59 Å². The number of pyridine rings is 2. The average molecular weight is 647 g/mol. The molecule has 0 atom stereocenters. The van der Waals surface area contributed by atoms with E-state index in [-0.39, 0.29) is 24.8 Å². The zero-order chi connectivity index (χ0) is 31.3. The molecule has 3 heterocycles. The molecule has 6 aromatic rings. The van der Waals surface area contributed by atoms with Crippen LogP contribution in [-0.2, 0) is 9.59 Å². The lowest BCUT2D eigenvalue weighted by atomic mass is 10.1. The van der Waals surface area contributed by atoms with Gasteiger partial charge in [-0.3, -0.25) is 9.59 Å². The summed E-state index contributed by atoms with van der Waals surface area (Å²) >= 11 is 3.72. The van der Waals surface area contributed by atoms with Gasteiger partial charge in [0, 0.05) is 44.2 Å². The molecule has 7 rings (SSSR count). The summed E-state index contributed by atoms with van der Waals surface area (Å²) < 4.78 is 11.5. The molecule has 46 heavy (non-hydrogen) atoms. The summed E-state index contributed by atoms with van der Waals surface area (Å²) in [6.45, 7) is 0. The normalized spacial score (nSPS) is 16.1. The van der Waals surface area contributed by atoms with Gasteiger partial charge < -0.3 is 9.47 Å². The minimum atomic E-state index is -0.315. The van der Waals surface area contributed by atoms with Crippen molar-refractivity contribution in [2.24, 2.45) is 0 Å². The van der Waals surface area contributed by atoms with Gasteiger partial charge >= 0.3 is 11.9 Å². The van der Waals surface area contributed by atoms with Gasteiger partial charge in [0.15, 0.2) is 0 Å². The van der Waals surface area contributed by atoms with Crippen molar-refractivity contribution in [2.75, 3.05) is 11.5 Å². The number of aromatic nitrogens is 2. The molecule has 0 fully saturated rings. The summed E-state index contributed by atoms with van der Waals surface area (Å²) in [5, 5.41) is 4.24.